The molecule has 1 N–H and O–H groups in total. The quantitative estimate of drug-likeness (QED) is 0.673. The van der Waals surface area contributed by atoms with Gasteiger partial charge in [-0.3, -0.25) is 9.59 Å². The van der Waals surface area contributed by atoms with E-state index >= 15 is 0 Å². The van der Waals surface area contributed by atoms with Crippen molar-refractivity contribution < 1.29 is 14.3 Å². The van der Waals surface area contributed by atoms with Crippen molar-refractivity contribution >= 4 is 11.8 Å². The highest BCUT2D eigenvalue weighted by molar-refractivity contribution is 5.86. The first-order chi connectivity index (χ1) is 15.6. The summed E-state index contributed by atoms with van der Waals surface area (Å²) in [6.07, 6.45) is 5.14. The number of hydrogen-bond acceptors (Lipinski definition) is 3. The molecule has 2 atom stereocenters. The Bertz CT molecular complexity index is 952. The van der Waals surface area contributed by atoms with Gasteiger partial charge in [0.1, 0.15) is 6.10 Å². The van der Waals surface area contributed by atoms with Gasteiger partial charge in [-0.2, -0.15) is 0 Å². The van der Waals surface area contributed by atoms with Crippen LogP contribution in [0.2, 0.25) is 0 Å². The number of hydrogen-bond donors (Lipinski definition) is 1. The van der Waals surface area contributed by atoms with Crippen molar-refractivity contribution in [2.45, 2.75) is 38.2 Å². The van der Waals surface area contributed by atoms with Gasteiger partial charge in [0.2, 0.25) is 5.91 Å². The Hall–Kier alpha value is -2.92. The zero-order valence-corrected chi connectivity index (χ0v) is 18.6. The molecule has 2 aromatic rings. The van der Waals surface area contributed by atoms with Gasteiger partial charge in [-0.05, 0) is 48.8 Å². The average Bonchev–Trinajstić information content (AvgIpc) is 3.38. The van der Waals surface area contributed by atoms with Crippen LogP contribution in [0.5, 0.6) is 0 Å². The van der Waals surface area contributed by atoms with E-state index < -0.39 is 5.41 Å². The van der Waals surface area contributed by atoms with Crippen LogP contribution in [0.4, 0.5) is 0 Å². The zero-order chi connectivity index (χ0) is 22.4. The number of rotatable bonds is 7. The number of carbonyl (C=O) groups is 2. The van der Waals surface area contributed by atoms with Crippen molar-refractivity contribution in [2.24, 2.45) is 5.41 Å². The molecule has 5 heteroatoms. The fraction of sp³-hybridized carbons (Fsp3) is 0.407. The maximum Gasteiger partial charge on any atom is 0.251 e. The molecule has 32 heavy (non-hydrogen) atoms. The van der Waals surface area contributed by atoms with Gasteiger partial charge in [-0.15, -0.1) is 6.58 Å². The summed E-state index contributed by atoms with van der Waals surface area (Å²) in [5, 5.41) is 3.03. The van der Waals surface area contributed by atoms with Gasteiger partial charge in [0.25, 0.3) is 5.91 Å². The second-order valence-electron chi connectivity index (χ2n) is 8.84. The first kappa shape index (κ1) is 22.3. The second-order valence-corrected chi connectivity index (χ2v) is 8.84. The molecule has 2 aliphatic heterocycles. The number of ether oxygens (including phenoxy) is 1. The number of benzene rings is 2. The molecule has 0 aromatic heterocycles. The Balaban J connectivity index is 1.65. The lowest BCUT2D eigenvalue weighted by Gasteiger charge is -2.42. The third-order valence-electron chi connectivity index (χ3n) is 6.61. The third kappa shape index (κ3) is 4.78. The SMILES string of the molecule is C=CCNC(=O)C1(Cc2ccccc2-c2ccccc2)CCCN(C(=O)C2CCCO2)C1. The molecule has 0 bridgehead atoms. The van der Waals surface area contributed by atoms with Crippen molar-refractivity contribution in [3.8, 4) is 11.1 Å². The van der Waals surface area contributed by atoms with Crippen LogP contribution in [0.3, 0.4) is 0 Å². The summed E-state index contributed by atoms with van der Waals surface area (Å²) < 4.78 is 5.65. The lowest BCUT2D eigenvalue weighted by molar-refractivity contribution is -0.148. The normalized spacial score (nSPS) is 23.0. The van der Waals surface area contributed by atoms with Crippen LogP contribution in [0, 0.1) is 5.41 Å². The molecular formula is C27H32N2O3. The Labute approximate surface area is 190 Å². The molecule has 0 radical (unpaired) electrons. The molecular weight excluding hydrogens is 400 g/mol. The largest absolute Gasteiger partial charge is 0.368 e. The van der Waals surface area contributed by atoms with E-state index in [4.69, 9.17) is 4.74 Å². The Kier molecular flexibility index (Phi) is 7.05. The van der Waals surface area contributed by atoms with Gasteiger partial charge in [0.05, 0.1) is 5.41 Å². The smallest absolute Gasteiger partial charge is 0.251 e. The van der Waals surface area contributed by atoms with E-state index in [9.17, 15) is 9.59 Å². The van der Waals surface area contributed by atoms with E-state index in [1.165, 1.54) is 0 Å². The van der Waals surface area contributed by atoms with Crippen molar-refractivity contribution in [1.82, 2.24) is 10.2 Å². The van der Waals surface area contributed by atoms with Gasteiger partial charge in [-0.25, -0.2) is 0 Å². The van der Waals surface area contributed by atoms with Crippen LogP contribution in [-0.2, 0) is 20.7 Å². The maximum atomic E-state index is 13.5. The van der Waals surface area contributed by atoms with E-state index in [1.807, 2.05) is 35.2 Å². The van der Waals surface area contributed by atoms with Crippen LogP contribution in [0.15, 0.2) is 67.3 Å². The number of carbonyl (C=O) groups excluding carboxylic acids is 2. The molecule has 2 aliphatic rings. The summed E-state index contributed by atoms with van der Waals surface area (Å²) in [5.74, 6) is 0.0181. The summed E-state index contributed by atoms with van der Waals surface area (Å²) >= 11 is 0. The number of amides is 2. The standard InChI is InChI=1S/C27H32N2O3/c1-2-16-28-26(31)27(15-9-17-29(20-27)25(30)24-14-8-18-32-24)19-22-12-6-7-13-23(22)21-10-4-3-5-11-21/h2-7,10-13,24H,1,8-9,14-20H2,(H,28,31). The first-order valence-corrected chi connectivity index (χ1v) is 11.6. The molecule has 2 heterocycles. The number of nitrogens with one attached hydrogen (secondary N) is 1. The second kappa shape index (κ2) is 10.1. The van der Waals surface area contributed by atoms with Crippen LogP contribution >= 0.6 is 0 Å². The molecule has 2 amide bonds. The van der Waals surface area contributed by atoms with Crippen molar-refractivity contribution in [2.75, 3.05) is 26.2 Å². The lowest BCUT2D eigenvalue weighted by Crippen LogP contribution is -2.56. The summed E-state index contributed by atoms with van der Waals surface area (Å²) in [5.41, 5.74) is 2.71. The fourth-order valence-corrected chi connectivity index (χ4v) is 5.00. The predicted molar refractivity (Wildman–Crippen MR) is 126 cm³/mol. The van der Waals surface area contributed by atoms with E-state index in [-0.39, 0.29) is 17.9 Å². The fourth-order valence-electron chi connectivity index (χ4n) is 5.00. The van der Waals surface area contributed by atoms with Gasteiger partial charge in [0.15, 0.2) is 0 Å². The van der Waals surface area contributed by atoms with Crippen LogP contribution in [0.1, 0.15) is 31.2 Å². The average molecular weight is 433 g/mol. The molecule has 0 aliphatic carbocycles. The topological polar surface area (TPSA) is 58.6 Å². The van der Waals surface area contributed by atoms with E-state index in [0.29, 0.717) is 32.7 Å². The molecule has 2 saturated heterocycles. The monoisotopic (exact) mass is 432 g/mol. The van der Waals surface area contributed by atoms with Gasteiger partial charge >= 0.3 is 0 Å². The minimum atomic E-state index is -0.680. The maximum absolute atomic E-state index is 13.5. The number of nitrogens with zero attached hydrogens (tertiary/aromatic N) is 1. The number of piperidine rings is 1. The molecule has 5 nitrogen and oxygen atoms in total. The van der Waals surface area contributed by atoms with E-state index in [2.05, 4.69) is 36.2 Å². The highest BCUT2D eigenvalue weighted by Gasteiger charge is 2.45. The van der Waals surface area contributed by atoms with Crippen LogP contribution < -0.4 is 5.32 Å². The van der Waals surface area contributed by atoms with Crippen LogP contribution in [-0.4, -0.2) is 49.1 Å². The van der Waals surface area contributed by atoms with Gasteiger partial charge in [0, 0.05) is 26.2 Å². The number of likely N-dealkylation sites (tertiary alicyclic amines) is 1. The van der Waals surface area contributed by atoms with Crippen molar-refractivity contribution in [3.05, 3.63) is 72.8 Å². The predicted octanol–water partition coefficient (Wildman–Crippen LogP) is 3.99. The first-order valence-electron chi connectivity index (χ1n) is 11.6. The molecule has 4 rings (SSSR count). The molecule has 0 saturated carbocycles. The lowest BCUT2D eigenvalue weighted by atomic mass is 9.73. The summed E-state index contributed by atoms with van der Waals surface area (Å²) in [6.45, 7) is 5.88. The minimum absolute atomic E-state index is 0.00916. The van der Waals surface area contributed by atoms with E-state index in [1.54, 1.807) is 6.08 Å². The molecule has 168 valence electrons. The van der Waals surface area contributed by atoms with E-state index in [0.717, 1.165) is 42.4 Å². The summed E-state index contributed by atoms with van der Waals surface area (Å²) in [6, 6.07) is 18.5. The molecule has 2 fully saturated rings. The Morgan fingerprint density at radius 1 is 1.12 bits per heavy atom. The zero-order valence-electron chi connectivity index (χ0n) is 18.6. The minimum Gasteiger partial charge on any atom is -0.368 e. The molecule has 2 aromatic carbocycles. The van der Waals surface area contributed by atoms with Crippen molar-refractivity contribution in [1.29, 1.82) is 0 Å². The van der Waals surface area contributed by atoms with Crippen molar-refractivity contribution in [3.63, 3.8) is 0 Å². The summed E-state index contributed by atoms with van der Waals surface area (Å²) in [7, 11) is 0. The van der Waals surface area contributed by atoms with Gasteiger partial charge in [-0.1, -0.05) is 60.7 Å². The van der Waals surface area contributed by atoms with Gasteiger partial charge < -0.3 is 15.0 Å². The Morgan fingerprint density at radius 3 is 2.66 bits per heavy atom. The molecule has 2 unspecified atom stereocenters. The highest BCUT2D eigenvalue weighted by Crippen LogP contribution is 2.37. The summed E-state index contributed by atoms with van der Waals surface area (Å²) in [4.78, 5) is 28.5. The highest BCUT2D eigenvalue weighted by atomic mass is 16.5. The van der Waals surface area contributed by atoms with Crippen LogP contribution in [0.25, 0.3) is 11.1 Å². The Morgan fingerprint density at radius 2 is 1.91 bits per heavy atom. The third-order valence-corrected chi connectivity index (χ3v) is 6.61. The molecule has 0 spiro atoms.